The van der Waals surface area contributed by atoms with Gasteiger partial charge in [0.2, 0.25) is 0 Å². The maximum atomic E-state index is 12.7. The first-order valence-corrected chi connectivity index (χ1v) is 8.85. The summed E-state index contributed by atoms with van der Waals surface area (Å²) in [4.78, 5) is 2.05. The van der Waals surface area contributed by atoms with E-state index in [4.69, 9.17) is 0 Å². The molecule has 1 unspecified atom stereocenters. The normalized spacial score (nSPS) is 21.8. The number of piperidine rings is 1. The van der Waals surface area contributed by atoms with Crippen molar-refractivity contribution in [2.45, 2.75) is 38.6 Å². The SMILES string of the molecule is CCN(CCCN(C)C)S(=O)(=O)N1CCCCC1CO. The molecule has 1 saturated heterocycles. The van der Waals surface area contributed by atoms with Crippen LogP contribution in [0.5, 0.6) is 0 Å². The Morgan fingerprint density at radius 3 is 2.50 bits per heavy atom. The summed E-state index contributed by atoms with van der Waals surface area (Å²) in [5, 5.41) is 9.40. The molecule has 0 aromatic carbocycles. The van der Waals surface area contributed by atoms with Gasteiger partial charge in [-0.05, 0) is 39.9 Å². The molecular formula is C13H29N3O3S. The van der Waals surface area contributed by atoms with Gasteiger partial charge in [0.1, 0.15) is 0 Å². The predicted molar refractivity (Wildman–Crippen MR) is 80.8 cm³/mol. The summed E-state index contributed by atoms with van der Waals surface area (Å²) in [7, 11) is 0.521. The van der Waals surface area contributed by atoms with Crippen molar-refractivity contribution >= 4 is 10.2 Å². The van der Waals surface area contributed by atoms with E-state index in [9.17, 15) is 13.5 Å². The van der Waals surface area contributed by atoms with Gasteiger partial charge in [-0.2, -0.15) is 17.0 Å². The van der Waals surface area contributed by atoms with Crippen LogP contribution in [0.25, 0.3) is 0 Å². The van der Waals surface area contributed by atoms with Crippen molar-refractivity contribution in [2.75, 3.05) is 46.9 Å². The summed E-state index contributed by atoms with van der Waals surface area (Å²) in [5.41, 5.74) is 0. The fourth-order valence-corrected chi connectivity index (χ4v) is 4.50. The smallest absolute Gasteiger partial charge is 0.282 e. The first kappa shape index (κ1) is 17.8. The van der Waals surface area contributed by atoms with Crippen LogP contribution in [0, 0.1) is 0 Å². The second-order valence-corrected chi connectivity index (χ2v) is 7.48. The van der Waals surface area contributed by atoms with Crippen molar-refractivity contribution < 1.29 is 13.5 Å². The van der Waals surface area contributed by atoms with E-state index in [1.807, 2.05) is 21.0 Å². The van der Waals surface area contributed by atoms with Gasteiger partial charge in [0, 0.05) is 25.7 Å². The fourth-order valence-electron chi connectivity index (χ4n) is 2.61. The molecule has 0 amide bonds. The summed E-state index contributed by atoms with van der Waals surface area (Å²) in [6, 6.07) is -0.253. The van der Waals surface area contributed by atoms with Crippen LogP contribution in [-0.4, -0.2) is 80.0 Å². The minimum atomic E-state index is -3.45. The highest BCUT2D eigenvalue weighted by molar-refractivity contribution is 7.86. The van der Waals surface area contributed by atoms with Gasteiger partial charge >= 0.3 is 0 Å². The van der Waals surface area contributed by atoms with Crippen molar-refractivity contribution in [2.24, 2.45) is 0 Å². The van der Waals surface area contributed by atoms with Gasteiger partial charge in [-0.3, -0.25) is 0 Å². The second kappa shape index (κ2) is 8.29. The van der Waals surface area contributed by atoms with E-state index in [0.717, 1.165) is 32.2 Å². The van der Waals surface area contributed by atoms with Crippen LogP contribution in [0.1, 0.15) is 32.6 Å². The Bertz CT molecular complexity index is 373. The Morgan fingerprint density at radius 1 is 1.25 bits per heavy atom. The zero-order chi connectivity index (χ0) is 15.2. The van der Waals surface area contributed by atoms with Crippen molar-refractivity contribution in [3.8, 4) is 0 Å². The fraction of sp³-hybridized carbons (Fsp3) is 1.00. The summed E-state index contributed by atoms with van der Waals surface area (Å²) in [6.45, 7) is 4.18. The molecule has 1 atom stereocenters. The first-order valence-electron chi connectivity index (χ1n) is 7.46. The van der Waals surface area contributed by atoms with Gasteiger partial charge in [0.05, 0.1) is 6.61 Å². The van der Waals surface area contributed by atoms with E-state index in [1.54, 1.807) is 0 Å². The number of aliphatic hydroxyl groups is 1. The molecule has 7 heteroatoms. The molecule has 0 saturated carbocycles. The van der Waals surface area contributed by atoms with Gasteiger partial charge in [0.25, 0.3) is 10.2 Å². The lowest BCUT2D eigenvalue weighted by molar-refractivity contribution is 0.147. The first-order chi connectivity index (χ1) is 9.43. The summed E-state index contributed by atoms with van der Waals surface area (Å²) in [5.74, 6) is 0. The van der Waals surface area contributed by atoms with Crippen molar-refractivity contribution in [1.29, 1.82) is 0 Å². The Balaban J connectivity index is 2.71. The highest BCUT2D eigenvalue weighted by Gasteiger charge is 2.35. The Labute approximate surface area is 123 Å². The Morgan fingerprint density at radius 2 is 1.95 bits per heavy atom. The third-order valence-electron chi connectivity index (χ3n) is 3.77. The molecule has 1 aliphatic rings. The highest BCUT2D eigenvalue weighted by atomic mass is 32.2. The number of rotatable bonds is 8. The summed E-state index contributed by atoms with van der Waals surface area (Å²) in [6.07, 6.45) is 3.44. The van der Waals surface area contributed by atoms with Crippen LogP contribution in [0.4, 0.5) is 0 Å². The lowest BCUT2D eigenvalue weighted by Crippen LogP contribution is -2.52. The molecule has 0 aromatic rings. The van der Waals surface area contributed by atoms with E-state index in [1.165, 1.54) is 8.61 Å². The molecule has 0 radical (unpaired) electrons. The zero-order valence-electron chi connectivity index (χ0n) is 13.0. The van der Waals surface area contributed by atoms with E-state index in [2.05, 4.69) is 4.90 Å². The topological polar surface area (TPSA) is 64.1 Å². The maximum absolute atomic E-state index is 12.7. The third kappa shape index (κ3) is 4.66. The molecule has 1 rings (SSSR count). The minimum absolute atomic E-state index is 0.0888. The van der Waals surface area contributed by atoms with Gasteiger partial charge in [-0.15, -0.1) is 0 Å². The maximum Gasteiger partial charge on any atom is 0.282 e. The van der Waals surface area contributed by atoms with Crippen LogP contribution < -0.4 is 0 Å². The molecule has 1 heterocycles. The largest absolute Gasteiger partial charge is 0.395 e. The number of hydrogen-bond donors (Lipinski definition) is 1. The lowest BCUT2D eigenvalue weighted by Gasteiger charge is -2.37. The molecule has 0 bridgehead atoms. The van der Waals surface area contributed by atoms with Crippen molar-refractivity contribution in [1.82, 2.24) is 13.5 Å². The van der Waals surface area contributed by atoms with Gasteiger partial charge in [0.15, 0.2) is 0 Å². The molecule has 20 heavy (non-hydrogen) atoms. The number of hydrogen-bond acceptors (Lipinski definition) is 4. The molecular weight excluding hydrogens is 278 g/mol. The van der Waals surface area contributed by atoms with Crippen LogP contribution in [0.3, 0.4) is 0 Å². The van der Waals surface area contributed by atoms with E-state index in [0.29, 0.717) is 19.6 Å². The predicted octanol–water partition coefficient (Wildman–Crippen LogP) is 0.352. The average Bonchev–Trinajstić information content (AvgIpc) is 2.43. The van der Waals surface area contributed by atoms with E-state index < -0.39 is 10.2 Å². The zero-order valence-corrected chi connectivity index (χ0v) is 13.8. The average molecular weight is 307 g/mol. The van der Waals surface area contributed by atoms with Gasteiger partial charge < -0.3 is 10.0 Å². The van der Waals surface area contributed by atoms with Crippen LogP contribution in [-0.2, 0) is 10.2 Å². The molecule has 0 spiro atoms. The molecule has 1 N–H and O–H groups in total. The molecule has 0 aliphatic carbocycles. The highest BCUT2D eigenvalue weighted by Crippen LogP contribution is 2.22. The van der Waals surface area contributed by atoms with Gasteiger partial charge in [-0.25, -0.2) is 0 Å². The summed E-state index contributed by atoms with van der Waals surface area (Å²) >= 11 is 0. The third-order valence-corrected chi connectivity index (χ3v) is 5.94. The van der Waals surface area contributed by atoms with Crippen LogP contribution in [0.2, 0.25) is 0 Å². The van der Waals surface area contributed by atoms with Crippen molar-refractivity contribution in [3.63, 3.8) is 0 Å². The van der Waals surface area contributed by atoms with E-state index >= 15 is 0 Å². The van der Waals surface area contributed by atoms with E-state index in [-0.39, 0.29) is 12.6 Å². The molecule has 1 fully saturated rings. The summed E-state index contributed by atoms with van der Waals surface area (Å²) < 4.78 is 28.4. The number of nitrogens with zero attached hydrogens (tertiary/aromatic N) is 3. The second-order valence-electron chi connectivity index (χ2n) is 5.60. The minimum Gasteiger partial charge on any atom is -0.395 e. The molecule has 1 aliphatic heterocycles. The molecule has 0 aromatic heterocycles. The quantitative estimate of drug-likeness (QED) is 0.703. The molecule has 120 valence electrons. The Kier molecular flexibility index (Phi) is 7.39. The lowest BCUT2D eigenvalue weighted by atomic mass is 10.1. The Hall–Kier alpha value is -0.210. The van der Waals surface area contributed by atoms with Crippen LogP contribution >= 0.6 is 0 Å². The number of aliphatic hydroxyl groups excluding tert-OH is 1. The standard InChI is InChI=1S/C13H29N3O3S/c1-4-15(10-7-9-14(2)3)20(18,19)16-11-6-5-8-13(16)12-17/h13,17H,4-12H2,1-3H3. The monoisotopic (exact) mass is 307 g/mol. The van der Waals surface area contributed by atoms with Crippen molar-refractivity contribution in [3.05, 3.63) is 0 Å². The van der Waals surface area contributed by atoms with Crippen LogP contribution in [0.15, 0.2) is 0 Å². The van der Waals surface area contributed by atoms with Gasteiger partial charge in [-0.1, -0.05) is 13.3 Å². The molecule has 6 nitrogen and oxygen atoms in total.